The summed E-state index contributed by atoms with van der Waals surface area (Å²) in [7, 11) is 0. The molecule has 0 saturated heterocycles. The van der Waals surface area contributed by atoms with Crippen LogP contribution in [0.5, 0.6) is 0 Å². The average molecular weight is 340 g/mol. The zero-order valence-corrected chi connectivity index (χ0v) is 13.8. The van der Waals surface area contributed by atoms with Crippen molar-refractivity contribution in [2.75, 3.05) is 0 Å². The molecule has 2 rings (SSSR count). The number of rotatable bonds is 5. The van der Waals surface area contributed by atoms with Crippen molar-refractivity contribution >= 4 is 11.9 Å². The molecule has 0 radical (unpaired) electrons. The molecule has 2 aromatic rings. The summed E-state index contributed by atoms with van der Waals surface area (Å²) in [6, 6.07) is 13.3. The van der Waals surface area contributed by atoms with Gasteiger partial charge in [0.1, 0.15) is 5.82 Å². The van der Waals surface area contributed by atoms with E-state index >= 15 is 0 Å². The number of ether oxygens (including phenoxy) is 1. The lowest BCUT2D eigenvalue weighted by molar-refractivity contribution is -0.129. The smallest absolute Gasteiger partial charge is 0.338 e. The standard InChI is InChI=1S/C19H17FN2O3/c1-12(15-7-9-17(20)10-8-15)22-18(23)13(2)25-19(24)16-5-3-14(11-21)4-6-16/h3-10,12-13H,1-2H3,(H,22,23). The molecule has 128 valence electrons. The zero-order valence-electron chi connectivity index (χ0n) is 13.8. The van der Waals surface area contributed by atoms with Crippen LogP contribution in [0.3, 0.4) is 0 Å². The number of amides is 1. The summed E-state index contributed by atoms with van der Waals surface area (Å²) in [4.78, 5) is 24.2. The Morgan fingerprint density at radius 3 is 2.24 bits per heavy atom. The Bertz CT molecular complexity index is 795. The highest BCUT2D eigenvalue weighted by Gasteiger charge is 2.20. The van der Waals surface area contributed by atoms with Gasteiger partial charge in [0.25, 0.3) is 5.91 Å². The topological polar surface area (TPSA) is 79.2 Å². The van der Waals surface area contributed by atoms with E-state index in [1.165, 1.54) is 43.3 Å². The summed E-state index contributed by atoms with van der Waals surface area (Å²) in [5.74, 6) is -1.47. The van der Waals surface area contributed by atoms with Gasteiger partial charge in [0.15, 0.2) is 6.10 Å². The van der Waals surface area contributed by atoms with Gasteiger partial charge in [0.2, 0.25) is 0 Å². The van der Waals surface area contributed by atoms with Crippen molar-refractivity contribution in [1.29, 1.82) is 5.26 Å². The highest BCUT2D eigenvalue weighted by Crippen LogP contribution is 2.13. The van der Waals surface area contributed by atoms with Gasteiger partial charge in [-0.3, -0.25) is 4.79 Å². The molecule has 2 unspecified atom stereocenters. The van der Waals surface area contributed by atoms with E-state index in [9.17, 15) is 14.0 Å². The second-order valence-electron chi connectivity index (χ2n) is 5.52. The first kappa shape index (κ1) is 18.1. The minimum absolute atomic E-state index is 0.255. The number of nitrogens with zero attached hydrogens (tertiary/aromatic N) is 1. The van der Waals surface area contributed by atoms with Gasteiger partial charge in [-0.25, -0.2) is 9.18 Å². The molecule has 5 nitrogen and oxygen atoms in total. The summed E-state index contributed by atoms with van der Waals surface area (Å²) < 4.78 is 18.1. The molecule has 0 spiro atoms. The minimum Gasteiger partial charge on any atom is -0.449 e. The second kappa shape index (κ2) is 8.06. The molecule has 2 aromatic carbocycles. The van der Waals surface area contributed by atoms with Crippen LogP contribution >= 0.6 is 0 Å². The molecule has 0 saturated carbocycles. The monoisotopic (exact) mass is 340 g/mol. The van der Waals surface area contributed by atoms with Crippen molar-refractivity contribution in [3.05, 3.63) is 71.0 Å². The second-order valence-corrected chi connectivity index (χ2v) is 5.52. The Balaban J connectivity index is 1.93. The van der Waals surface area contributed by atoms with Crippen LogP contribution in [-0.2, 0) is 9.53 Å². The van der Waals surface area contributed by atoms with E-state index in [1.807, 2.05) is 6.07 Å². The summed E-state index contributed by atoms with van der Waals surface area (Å²) in [6.45, 7) is 3.22. The number of hydrogen-bond donors (Lipinski definition) is 1. The fourth-order valence-electron chi connectivity index (χ4n) is 2.13. The van der Waals surface area contributed by atoms with Crippen LogP contribution in [0.1, 0.15) is 41.4 Å². The summed E-state index contributed by atoms with van der Waals surface area (Å²) in [6.07, 6.45) is -0.994. The number of carbonyl (C=O) groups excluding carboxylic acids is 2. The minimum atomic E-state index is -0.994. The highest BCUT2D eigenvalue weighted by atomic mass is 19.1. The van der Waals surface area contributed by atoms with E-state index in [0.29, 0.717) is 5.56 Å². The highest BCUT2D eigenvalue weighted by molar-refractivity contribution is 5.92. The SMILES string of the molecule is CC(OC(=O)c1ccc(C#N)cc1)C(=O)NC(C)c1ccc(F)cc1. The molecule has 1 amide bonds. The molecule has 2 atom stereocenters. The van der Waals surface area contributed by atoms with E-state index in [-0.39, 0.29) is 17.4 Å². The van der Waals surface area contributed by atoms with E-state index < -0.39 is 18.0 Å². The first-order valence-corrected chi connectivity index (χ1v) is 7.67. The Morgan fingerprint density at radius 2 is 1.68 bits per heavy atom. The molecule has 0 bridgehead atoms. The van der Waals surface area contributed by atoms with Crippen LogP contribution in [0, 0.1) is 17.1 Å². The summed E-state index contributed by atoms with van der Waals surface area (Å²) in [5, 5.41) is 11.4. The van der Waals surface area contributed by atoms with Gasteiger partial charge in [0, 0.05) is 0 Å². The van der Waals surface area contributed by atoms with Crippen LogP contribution in [0.25, 0.3) is 0 Å². The molecule has 1 N–H and O–H groups in total. The summed E-state index contributed by atoms with van der Waals surface area (Å²) in [5.41, 5.74) is 1.42. The third-order valence-electron chi connectivity index (χ3n) is 3.63. The number of nitriles is 1. The van der Waals surface area contributed by atoms with Crippen LogP contribution < -0.4 is 5.32 Å². The quantitative estimate of drug-likeness (QED) is 0.848. The van der Waals surface area contributed by atoms with Crippen LogP contribution in [0.15, 0.2) is 48.5 Å². The zero-order chi connectivity index (χ0) is 18.4. The molecule has 25 heavy (non-hydrogen) atoms. The lowest BCUT2D eigenvalue weighted by atomic mass is 10.1. The van der Waals surface area contributed by atoms with Crippen molar-refractivity contribution in [3.63, 3.8) is 0 Å². The molecule has 0 aliphatic rings. The molecule has 6 heteroatoms. The first-order valence-electron chi connectivity index (χ1n) is 7.67. The number of halogens is 1. The van der Waals surface area contributed by atoms with E-state index in [4.69, 9.17) is 10.00 Å². The number of benzene rings is 2. The maximum Gasteiger partial charge on any atom is 0.338 e. The van der Waals surface area contributed by atoms with Crippen molar-refractivity contribution in [2.45, 2.75) is 26.0 Å². The largest absolute Gasteiger partial charge is 0.449 e. The van der Waals surface area contributed by atoms with Crippen molar-refractivity contribution in [1.82, 2.24) is 5.32 Å². The van der Waals surface area contributed by atoms with Crippen molar-refractivity contribution < 1.29 is 18.7 Å². The predicted octanol–water partition coefficient (Wildman–Crippen LogP) is 3.12. The molecule has 0 aromatic heterocycles. The van der Waals surface area contributed by atoms with Gasteiger partial charge in [-0.2, -0.15) is 5.26 Å². The fourth-order valence-corrected chi connectivity index (χ4v) is 2.13. The van der Waals surface area contributed by atoms with Crippen LogP contribution in [-0.4, -0.2) is 18.0 Å². The maximum absolute atomic E-state index is 12.9. The Morgan fingerprint density at radius 1 is 1.08 bits per heavy atom. The van der Waals surface area contributed by atoms with Gasteiger partial charge in [-0.1, -0.05) is 12.1 Å². The molecular weight excluding hydrogens is 323 g/mol. The molecular formula is C19H17FN2O3. The lowest BCUT2D eigenvalue weighted by Gasteiger charge is -2.18. The molecule has 0 aliphatic heterocycles. The maximum atomic E-state index is 12.9. The fraction of sp³-hybridized carbons (Fsp3) is 0.211. The number of carbonyl (C=O) groups is 2. The average Bonchev–Trinajstić information content (AvgIpc) is 2.62. The number of hydrogen-bond acceptors (Lipinski definition) is 4. The van der Waals surface area contributed by atoms with Gasteiger partial charge < -0.3 is 10.1 Å². The number of nitrogens with one attached hydrogen (secondary N) is 1. The van der Waals surface area contributed by atoms with E-state index in [1.54, 1.807) is 19.1 Å². The third-order valence-corrected chi connectivity index (χ3v) is 3.63. The first-order chi connectivity index (χ1) is 11.9. The van der Waals surface area contributed by atoms with E-state index in [0.717, 1.165) is 5.56 Å². The predicted molar refractivity (Wildman–Crippen MR) is 89.0 cm³/mol. The van der Waals surface area contributed by atoms with Gasteiger partial charge in [0.05, 0.1) is 23.2 Å². The van der Waals surface area contributed by atoms with Crippen molar-refractivity contribution in [2.24, 2.45) is 0 Å². The number of esters is 1. The van der Waals surface area contributed by atoms with Gasteiger partial charge in [-0.05, 0) is 55.8 Å². The van der Waals surface area contributed by atoms with E-state index in [2.05, 4.69) is 5.32 Å². The van der Waals surface area contributed by atoms with Gasteiger partial charge >= 0.3 is 5.97 Å². The summed E-state index contributed by atoms with van der Waals surface area (Å²) >= 11 is 0. The Labute approximate surface area is 145 Å². The lowest BCUT2D eigenvalue weighted by Crippen LogP contribution is -2.37. The molecule has 0 aliphatic carbocycles. The molecule has 0 heterocycles. The third kappa shape index (κ3) is 4.88. The van der Waals surface area contributed by atoms with Crippen LogP contribution in [0.4, 0.5) is 4.39 Å². The molecule has 0 fully saturated rings. The Hall–Kier alpha value is -3.20. The van der Waals surface area contributed by atoms with Gasteiger partial charge in [-0.15, -0.1) is 0 Å². The normalized spacial score (nSPS) is 12.6. The Kier molecular flexibility index (Phi) is 5.85. The van der Waals surface area contributed by atoms with Crippen molar-refractivity contribution in [3.8, 4) is 6.07 Å². The van der Waals surface area contributed by atoms with Crippen LogP contribution in [0.2, 0.25) is 0 Å².